The van der Waals surface area contributed by atoms with Gasteiger partial charge in [0.05, 0.1) is 31.6 Å². The quantitative estimate of drug-likeness (QED) is 0.214. The number of nitrogens with one attached hydrogen (secondary N) is 2. The fourth-order valence-electron chi connectivity index (χ4n) is 5.64. The summed E-state index contributed by atoms with van der Waals surface area (Å²) in [7, 11) is 3.56. The van der Waals surface area contributed by atoms with Crippen LogP contribution in [0.4, 0.5) is 26.4 Å². The summed E-state index contributed by atoms with van der Waals surface area (Å²) in [5.74, 6) is 1.38. The second-order valence-corrected chi connectivity index (χ2v) is 13.5. The summed E-state index contributed by atoms with van der Waals surface area (Å²) in [6.07, 6.45) is 3.64. The van der Waals surface area contributed by atoms with Gasteiger partial charge in [0, 0.05) is 45.4 Å². The Morgan fingerprint density at radius 2 is 1.84 bits per heavy atom. The first-order valence-corrected chi connectivity index (χ1v) is 16.5. The maximum absolute atomic E-state index is 13.6. The van der Waals surface area contributed by atoms with E-state index in [-0.39, 0.29) is 17.7 Å². The van der Waals surface area contributed by atoms with E-state index in [9.17, 15) is 14.0 Å². The van der Waals surface area contributed by atoms with Gasteiger partial charge in [-0.3, -0.25) is 4.79 Å². The molecule has 2 aliphatic rings. The standard InChI is InChI=1S/C35H43FN8O5/c1-35(2,3)49-34(46)43-15-12-23(13-16-43)21-48-33-26(7-6-14-37-33)39-30-18-28(42(4)20-22-8-10-24(47-5)11-9-22)31-38-19-29(44(31)41-30)32(45)40-27-17-25(27)36/h6-11,14,18-19,23,25,27H,12-13,15-17,20-21H2,1-5H3,(H,39,41)(H,40,45)/t25-,27?/m0/s1. The minimum absolute atomic E-state index is 0.192. The van der Waals surface area contributed by atoms with Gasteiger partial charge in [0.25, 0.3) is 5.91 Å². The molecule has 4 heterocycles. The van der Waals surface area contributed by atoms with Crippen molar-refractivity contribution in [1.82, 2.24) is 29.8 Å². The Morgan fingerprint density at radius 3 is 2.51 bits per heavy atom. The second-order valence-electron chi connectivity index (χ2n) is 13.5. The van der Waals surface area contributed by atoms with Crippen LogP contribution in [0.1, 0.15) is 56.1 Å². The van der Waals surface area contributed by atoms with Gasteiger partial charge in [0.1, 0.15) is 23.2 Å². The number of rotatable bonds is 11. The molecule has 1 aliphatic heterocycles. The lowest BCUT2D eigenvalue weighted by Gasteiger charge is -2.33. The lowest BCUT2D eigenvalue weighted by Crippen LogP contribution is -2.42. The second kappa shape index (κ2) is 14.1. The highest BCUT2D eigenvalue weighted by Crippen LogP contribution is 2.31. The molecule has 1 aliphatic carbocycles. The van der Waals surface area contributed by atoms with Gasteiger partial charge in [-0.25, -0.2) is 23.7 Å². The lowest BCUT2D eigenvalue weighted by atomic mass is 9.98. The highest BCUT2D eigenvalue weighted by molar-refractivity contribution is 5.94. The molecule has 1 saturated carbocycles. The predicted molar refractivity (Wildman–Crippen MR) is 182 cm³/mol. The van der Waals surface area contributed by atoms with Gasteiger partial charge in [-0.05, 0) is 69.4 Å². The first-order chi connectivity index (χ1) is 23.5. The summed E-state index contributed by atoms with van der Waals surface area (Å²) in [4.78, 5) is 38.4. The monoisotopic (exact) mass is 674 g/mol. The number of ether oxygens (including phenoxy) is 3. The lowest BCUT2D eigenvalue weighted by molar-refractivity contribution is 0.0164. The predicted octanol–water partition coefficient (Wildman–Crippen LogP) is 5.38. The summed E-state index contributed by atoms with van der Waals surface area (Å²) in [5, 5.41) is 10.8. The number of fused-ring (bicyclic) bond motifs is 1. The molecule has 0 spiro atoms. The van der Waals surface area contributed by atoms with Crippen molar-refractivity contribution in [2.75, 3.05) is 44.1 Å². The molecule has 0 bridgehead atoms. The Labute approximate surface area is 284 Å². The van der Waals surface area contributed by atoms with Gasteiger partial charge in [0.2, 0.25) is 5.88 Å². The zero-order valence-corrected chi connectivity index (χ0v) is 28.5. The van der Waals surface area contributed by atoms with Crippen molar-refractivity contribution in [3.05, 3.63) is 66.1 Å². The normalized spacial score (nSPS) is 17.8. The van der Waals surface area contributed by atoms with E-state index in [0.717, 1.165) is 24.2 Å². The maximum atomic E-state index is 13.6. The molecular weight excluding hydrogens is 631 g/mol. The zero-order chi connectivity index (χ0) is 34.7. The Hall–Kier alpha value is -5.14. The van der Waals surface area contributed by atoms with Gasteiger partial charge in [0.15, 0.2) is 17.2 Å². The van der Waals surface area contributed by atoms with Crippen LogP contribution >= 0.6 is 0 Å². The van der Waals surface area contributed by atoms with E-state index in [2.05, 4.69) is 20.6 Å². The average Bonchev–Trinajstić information content (AvgIpc) is 3.59. The van der Waals surface area contributed by atoms with E-state index in [1.54, 1.807) is 24.3 Å². The molecule has 260 valence electrons. The summed E-state index contributed by atoms with van der Waals surface area (Å²) in [6.45, 7) is 7.75. The number of likely N-dealkylation sites (tertiary alicyclic amines) is 1. The Bertz CT molecular complexity index is 1790. The Morgan fingerprint density at radius 1 is 1.10 bits per heavy atom. The molecule has 4 aromatic rings. The number of aromatic nitrogens is 4. The number of halogens is 1. The van der Waals surface area contributed by atoms with Gasteiger partial charge in [-0.15, -0.1) is 5.10 Å². The number of methoxy groups -OCH3 is 1. The molecule has 3 aromatic heterocycles. The third-order valence-electron chi connectivity index (χ3n) is 8.46. The van der Waals surface area contributed by atoms with Crippen molar-refractivity contribution in [2.24, 2.45) is 5.92 Å². The third kappa shape index (κ3) is 8.30. The molecule has 1 unspecified atom stereocenters. The minimum Gasteiger partial charge on any atom is -0.497 e. The third-order valence-corrected chi connectivity index (χ3v) is 8.46. The fourth-order valence-corrected chi connectivity index (χ4v) is 5.64. The molecule has 6 rings (SSSR count). The molecule has 2 amide bonds. The number of carbonyl (C=O) groups excluding carboxylic acids is 2. The van der Waals surface area contributed by atoms with E-state index in [0.29, 0.717) is 61.4 Å². The fraction of sp³-hybridized carbons (Fsp3) is 0.457. The topological polar surface area (TPSA) is 135 Å². The summed E-state index contributed by atoms with van der Waals surface area (Å²) in [6, 6.07) is 12.8. The van der Waals surface area contributed by atoms with E-state index in [1.165, 1.54) is 10.7 Å². The van der Waals surface area contributed by atoms with Crippen LogP contribution in [0, 0.1) is 5.92 Å². The van der Waals surface area contributed by atoms with Crippen molar-refractivity contribution in [2.45, 2.75) is 64.4 Å². The van der Waals surface area contributed by atoms with Crippen LogP contribution in [0.2, 0.25) is 0 Å². The van der Waals surface area contributed by atoms with Crippen molar-refractivity contribution in [3.63, 3.8) is 0 Å². The van der Waals surface area contributed by atoms with E-state index >= 15 is 0 Å². The van der Waals surface area contributed by atoms with Crippen molar-refractivity contribution < 1.29 is 28.2 Å². The molecule has 1 saturated heterocycles. The number of benzene rings is 1. The van der Waals surface area contributed by atoms with E-state index < -0.39 is 23.7 Å². The van der Waals surface area contributed by atoms with Crippen molar-refractivity contribution in [3.8, 4) is 11.6 Å². The molecule has 14 heteroatoms. The van der Waals surface area contributed by atoms with Crippen LogP contribution in [0.25, 0.3) is 5.65 Å². The molecule has 2 fully saturated rings. The molecule has 2 atom stereocenters. The number of piperidine rings is 1. The Balaban J connectivity index is 1.20. The number of hydrogen-bond acceptors (Lipinski definition) is 10. The van der Waals surface area contributed by atoms with Crippen molar-refractivity contribution >= 4 is 34.8 Å². The van der Waals surface area contributed by atoms with Crippen LogP contribution in [0.15, 0.2) is 54.9 Å². The molecule has 49 heavy (non-hydrogen) atoms. The average molecular weight is 675 g/mol. The number of alkyl halides is 1. The van der Waals surface area contributed by atoms with Gasteiger partial charge in [-0.2, -0.15) is 0 Å². The van der Waals surface area contributed by atoms with Crippen LogP contribution in [0.3, 0.4) is 0 Å². The number of nitrogens with zero attached hydrogens (tertiary/aromatic N) is 6. The van der Waals surface area contributed by atoms with E-state index in [4.69, 9.17) is 19.3 Å². The number of pyridine rings is 1. The smallest absolute Gasteiger partial charge is 0.410 e. The minimum atomic E-state index is -1.04. The first-order valence-electron chi connectivity index (χ1n) is 16.5. The largest absolute Gasteiger partial charge is 0.497 e. The van der Waals surface area contributed by atoms with Gasteiger partial charge < -0.3 is 34.6 Å². The van der Waals surface area contributed by atoms with Crippen LogP contribution in [0.5, 0.6) is 11.6 Å². The van der Waals surface area contributed by atoms with E-state index in [1.807, 2.05) is 69.1 Å². The number of carbonyl (C=O) groups is 2. The summed E-state index contributed by atoms with van der Waals surface area (Å²) >= 11 is 0. The molecule has 13 nitrogen and oxygen atoms in total. The van der Waals surface area contributed by atoms with Gasteiger partial charge in [-0.1, -0.05) is 12.1 Å². The van der Waals surface area contributed by atoms with Crippen LogP contribution in [-0.4, -0.2) is 88.2 Å². The number of amides is 2. The summed E-state index contributed by atoms with van der Waals surface area (Å²) in [5.41, 5.74) is 2.48. The van der Waals surface area contributed by atoms with Crippen LogP contribution < -0.4 is 25.0 Å². The summed E-state index contributed by atoms with van der Waals surface area (Å²) < 4.78 is 32.1. The van der Waals surface area contributed by atoms with Crippen molar-refractivity contribution in [1.29, 1.82) is 0 Å². The highest BCUT2D eigenvalue weighted by atomic mass is 19.1. The van der Waals surface area contributed by atoms with Gasteiger partial charge >= 0.3 is 6.09 Å². The van der Waals surface area contributed by atoms with Crippen LogP contribution in [-0.2, 0) is 11.3 Å². The zero-order valence-electron chi connectivity index (χ0n) is 28.5. The SMILES string of the molecule is COc1ccc(CN(C)c2cc(Nc3cccnc3OCC3CCN(C(=O)OC(C)(C)C)CC3)nn3c(C(=O)NC4C[C@@H]4F)cnc23)cc1. The molecule has 1 aromatic carbocycles. The molecular formula is C35H43FN8O5. The number of hydrogen-bond donors (Lipinski definition) is 2. The Kier molecular flexibility index (Phi) is 9.74. The maximum Gasteiger partial charge on any atom is 0.410 e. The first kappa shape index (κ1) is 33.7. The molecule has 2 N–H and O–H groups in total. The number of anilines is 3. The molecule has 0 radical (unpaired) electrons. The highest BCUT2D eigenvalue weighted by Gasteiger charge is 2.39. The number of imidazole rings is 1.